The summed E-state index contributed by atoms with van der Waals surface area (Å²) in [5, 5.41) is 3.55. The van der Waals surface area contributed by atoms with Crippen LogP contribution in [-0.4, -0.2) is 29.2 Å². The molecule has 0 aromatic carbocycles. The molecule has 1 atom stereocenters. The lowest BCUT2D eigenvalue weighted by atomic mass is 10.2. The van der Waals surface area contributed by atoms with E-state index in [1.807, 2.05) is 6.07 Å². The molecule has 1 saturated heterocycles. The monoisotopic (exact) mass is 305 g/mol. The SMILES string of the molecule is CC(C)COc1cc(NC2CCCC2)nc(C2CCCO2)n1. The third kappa shape index (κ3) is 4.09. The second kappa shape index (κ2) is 7.27. The zero-order valence-corrected chi connectivity index (χ0v) is 13.7. The molecule has 0 bridgehead atoms. The van der Waals surface area contributed by atoms with Crippen molar-refractivity contribution in [2.45, 2.75) is 64.5 Å². The number of ether oxygens (including phenoxy) is 2. The summed E-state index contributed by atoms with van der Waals surface area (Å²) in [7, 11) is 0. The van der Waals surface area contributed by atoms with Gasteiger partial charge in [0, 0.05) is 18.7 Å². The van der Waals surface area contributed by atoms with Gasteiger partial charge in [-0.3, -0.25) is 0 Å². The van der Waals surface area contributed by atoms with Crippen molar-refractivity contribution in [3.63, 3.8) is 0 Å². The minimum absolute atomic E-state index is 0.0201. The van der Waals surface area contributed by atoms with Gasteiger partial charge in [0.1, 0.15) is 11.9 Å². The molecule has 1 aromatic rings. The molecule has 1 unspecified atom stereocenters. The van der Waals surface area contributed by atoms with E-state index in [1.54, 1.807) is 0 Å². The Kier molecular flexibility index (Phi) is 5.13. The molecule has 2 fully saturated rings. The smallest absolute Gasteiger partial charge is 0.218 e. The van der Waals surface area contributed by atoms with Crippen LogP contribution in [0.4, 0.5) is 5.82 Å². The Bertz CT molecular complexity index is 481. The van der Waals surface area contributed by atoms with Gasteiger partial charge in [0.25, 0.3) is 0 Å². The van der Waals surface area contributed by atoms with E-state index < -0.39 is 0 Å². The molecule has 0 radical (unpaired) electrons. The van der Waals surface area contributed by atoms with E-state index in [2.05, 4.69) is 29.1 Å². The quantitative estimate of drug-likeness (QED) is 0.868. The van der Waals surface area contributed by atoms with Gasteiger partial charge in [0.15, 0.2) is 5.82 Å². The van der Waals surface area contributed by atoms with Crippen molar-refractivity contribution in [2.24, 2.45) is 5.92 Å². The topological polar surface area (TPSA) is 56.3 Å². The van der Waals surface area contributed by atoms with Crippen molar-refractivity contribution in [3.8, 4) is 5.88 Å². The minimum Gasteiger partial charge on any atom is -0.477 e. The maximum absolute atomic E-state index is 5.83. The fourth-order valence-electron chi connectivity index (χ4n) is 3.05. The van der Waals surface area contributed by atoms with Crippen LogP contribution in [0.15, 0.2) is 6.07 Å². The van der Waals surface area contributed by atoms with Gasteiger partial charge in [-0.25, -0.2) is 4.98 Å². The fourth-order valence-corrected chi connectivity index (χ4v) is 3.05. The summed E-state index contributed by atoms with van der Waals surface area (Å²) >= 11 is 0. The van der Waals surface area contributed by atoms with Gasteiger partial charge in [-0.15, -0.1) is 0 Å². The average Bonchev–Trinajstić information content (AvgIpc) is 3.18. The van der Waals surface area contributed by atoms with Crippen molar-refractivity contribution in [1.82, 2.24) is 9.97 Å². The van der Waals surface area contributed by atoms with Crippen molar-refractivity contribution in [2.75, 3.05) is 18.5 Å². The first-order chi connectivity index (χ1) is 10.7. The molecule has 0 spiro atoms. The predicted octanol–water partition coefficient (Wildman–Crippen LogP) is 3.72. The van der Waals surface area contributed by atoms with Gasteiger partial charge in [-0.1, -0.05) is 26.7 Å². The zero-order valence-electron chi connectivity index (χ0n) is 13.7. The number of nitrogens with one attached hydrogen (secondary N) is 1. The number of rotatable bonds is 6. The lowest BCUT2D eigenvalue weighted by Crippen LogP contribution is -2.17. The second-order valence-electron chi connectivity index (χ2n) is 6.78. The standard InChI is InChI=1S/C17H27N3O2/c1-12(2)11-22-16-10-15(18-13-6-3-4-7-13)19-17(20-16)14-8-5-9-21-14/h10,12-14H,3-9,11H2,1-2H3,(H,18,19,20). The van der Waals surface area contributed by atoms with E-state index in [4.69, 9.17) is 9.47 Å². The summed E-state index contributed by atoms with van der Waals surface area (Å²) in [4.78, 5) is 9.24. The lowest BCUT2D eigenvalue weighted by molar-refractivity contribution is 0.104. The van der Waals surface area contributed by atoms with Crippen LogP contribution in [0.3, 0.4) is 0 Å². The summed E-state index contributed by atoms with van der Waals surface area (Å²) in [6.07, 6.45) is 7.15. The Morgan fingerprint density at radius 3 is 2.73 bits per heavy atom. The average molecular weight is 305 g/mol. The molecule has 5 heteroatoms. The maximum atomic E-state index is 5.83. The molecular weight excluding hydrogens is 278 g/mol. The van der Waals surface area contributed by atoms with Gasteiger partial charge in [0.05, 0.1) is 6.61 Å². The first kappa shape index (κ1) is 15.5. The predicted molar refractivity (Wildman–Crippen MR) is 86.2 cm³/mol. The van der Waals surface area contributed by atoms with E-state index in [9.17, 15) is 0 Å². The van der Waals surface area contributed by atoms with Crippen LogP contribution in [0, 0.1) is 5.92 Å². The van der Waals surface area contributed by atoms with Gasteiger partial charge >= 0.3 is 0 Å². The number of hydrogen-bond acceptors (Lipinski definition) is 5. The number of aromatic nitrogens is 2. The highest BCUT2D eigenvalue weighted by molar-refractivity contribution is 5.40. The van der Waals surface area contributed by atoms with E-state index in [0.717, 1.165) is 31.1 Å². The van der Waals surface area contributed by atoms with Crippen molar-refractivity contribution in [3.05, 3.63) is 11.9 Å². The minimum atomic E-state index is 0.0201. The molecule has 2 aliphatic rings. The Labute approximate surface area is 132 Å². The molecular formula is C17H27N3O2. The van der Waals surface area contributed by atoms with Crippen LogP contribution >= 0.6 is 0 Å². The normalized spacial score (nSPS) is 22.4. The maximum Gasteiger partial charge on any atom is 0.218 e. The van der Waals surface area contributed by atoms with Crippen LogP contribution < -0.4 is 10.1 Å². The van der Waals surface area contributed by atoms with Crippen molar-refractivity contribution < 1.29 is 9.47 Å². The molecule has 0 amide bonds. The summed E-state index contributed by atoms with van der Waals surface area (Å²) in [5.41, 5.74) is 0. The van der Waals surface area contributed by atoms with Gasteiger partial charge in [-0.05, 0) is 31.6 Å². The first-order valence-corrected chi connectivity index (χ1v) is 8.60. The summed E-state index contributed by atoms with van der Waals surface area (Å²) in [6.45, 7) is 5.75. The van der Waals surface area contributed by atoms with Gasteiger partial charge in [-0.2, -0.15) is 4.98 Å². The fraction of sp³-hybridized carbons (Fsp3) is 0.765. The molecule has 2 heterocycles. The molecule has 122 valence electrons. The van der Waals surface area contributed by atoms with E-state index >= 15 is 0 Å². The Balaban J connectivity index is 1.76. The molecule has 1 aliphatic heterocycles. The number of anilines is 1. The third-order valence-corrected chi connectivity index (χ3v) is 4.21. The number of hydrogen-bond donors (Lipinski definition) is 1. The number of nitrogens with zero attached hydrogens (tertiary/aromatic N) is 2. The Morgan fingerprint density at radius 1 is 1.23 bits per heavy atom. The third-order valence-electron chi connectivity index (χ3n) is 4.21. The Morgan fingerprint density at radius 2 is 2.05 bits per heavy atom. The van der Waals surface area contributed by atoms with Gasteiger partial charge < -0.3 is 14.8 Å². The Hall–Kier alpha value is -1.36. The highest BCUT2D eigenvalue weighted by atomic mass is 16.5. The first-order valence-electron chi connectivity index (χ1n) is 8.60. The summed E-state index contributed by atoms with van der Waals surface area (Å²) in [5.74, 6) is 2.78. The van der Waals surface area contributed by atoms with Crippen LogP contribution in [-0.2, 0) is 4.74 Å². The van der Waals surface area contributed by atoms with E-state index in [1.165, 1.54) is 25.7 Å². The highest BCUT2D eigenvalue weighted by Crippen LogP contribution is 2.29. The van der Waals surface area contributed by atoms with Crippen LogP contribution in [0.25, 0.3) is 0 Å². The summed E-state index contributed by atoms with van der Waals surface area (Å²) < 4.78 is 11.6. The zero-order chi connectivity index (χ0) is 15.4. The van der Waals surface area contributed by atoms with Crippen LogP contribution in [0.5, 0.6) is 5.88 Å². The summed E-state index contributed by atoms with van der Waals surface area (Å²) in [6, 6.07) is 2.46. The van der Waals surface area contributed by atoms with Crippen LogP contribution in [0.1, 0.15) is 64.3 Å². The molecule has 22 heavy (non-hydrogen) atoms. The van der Waals surface area contributed by atoms with Crippen molar-refractivity contribution in [1.29, 1.82) is 0 Å². The van der Waals surface area contributed by atoms with Crippen molar-refractivity contribution >= 4 is 5.82 Å². The molecule has 1 saturated carbocycles. The highest BCUT2D eigenvalue weighted by Gasteiger charge is 2.23. The lowest BCUT2D eigenvalue weighted by Gasteiger charge is -2.17. The molecule has 1 N–H and O–H groups in total. The second-order valence-corrected chi connectivity index (χ2v) is 6.78. The molecule has 5 nitrogen and oxygen atoms in total. The molecule has 3 rings (SSSR count). The molecule has 1 aliphatic carbocycles. The van der Waals surface area contributed by atoms with Crippen LogP contribution in [0.2, 0.25) is 0 Å². The molecule has 1 aromatic heterocycles. The largest absolute Gasteiger partial charge is 0.477 e. The van der Waals surface area contributed by atoms with Gasteiger partial charge in [0.2, 0.25) is 5.88 Å². The van der Waals surface area contributed by atoms with E-state index in [0.29, 0.717) is 24.4 Å². The van der Waals surface area contributed by atoms with E-state index in [-0.39, 0.29) is 6.10 Å².